The zero-order chi connectivity index (χ0) is 15.5. The highest BCUT2D eigenvalue weighted by molar-refractivity contribution is 5.93. The second kappa shape index (κ2) is 5.93. The van der Waals surface area contributed by atoms with Gasteiger partial charge in [0, 0.05) is 35.9 Å². The molecule has 1 aromatic heterocycles. The van der Waals surface area contributed by atoms with Crippen LogP contribution in [0.3, 0.4) is 0 Å². The van der Waals surface area contributed by atoms with Gasteiger partial charge in [-0.3, -0.25) is 9.98 Å². The lowest BCUT2D eigenvalue weighted by Gasteiger charge is -2.14. The molecule has 1 N–H and O–H groups in total. The summed E-state index contributed by atoms with van der Waals surface area (Å²) in [4.78, 5) is 11.1. The summed E-state index contributed by atoms with van der Waals surface area (Å²) in [5.74, 6) is 0. The minimum absolute atomic E-state index is 0.816. The van der Waals surface area contributed by atoms with Gasteiger partial charge in [0.1, 0.15) is 0 Å². The second-order valence-corrected chi connectivity index (χ2v) is 5.34. The van der Waals surface area contributed by atoms with Crippen molar-refractivity contribution in [2.75, 3.05) is 11.6 Å². The SMILES string of the molecule is C1=CN(c2ccc(C=Nc3cccc4ncccc34)cc2)CN1. The number of aromatic nitrogens is 1. The maximum atomic E-state index is 4.63. The van der Waals surface area contributed by atoms with Crippen molar-refractivity contribution >= 4 is 28.5 Å². The Hall–Kier alpha value is -3.14. The fourth-order valence-electron chi connectivity index (χ4n) is 2.62. The van der Waals surface area contributed by atoms with Gasteiger partial charge in [0.05, 0.1) is 17.9 Å². The second-order valence-electron chi connectivity index (χ2n) is 5.34. The summed E-state index contributed by atoms with van der Waals surface area (Å²) in [6.45, 7) is 0.816. The molecule has 4 rings (SSSR count). The zero-order valence-electron chi connectivity index (χ0n) is 12.6. The summed E-state index contributed by atoms with van der Waals surface area (Å²) in [5.41, 5.74) is 4.14. The summed E-state index contributed by atoms with van der Waals surface area (Å²) in [5, 5.41) is 4.23. The van der Waals surface area contributed by atoms with Gasteiger partial charge in [-0.05, 0) is 42.0 Å². The van der Waals surface area contributed by atoms with Gasteiger partial charge in [0.15, 0.2) is 0 Å². The minimum atomic E-state index is 0.816. The molecule has 0 saturated carbocycles. The minimum Gasteiger partial charge on any atom is -0.372 e. The molecule has 0 spiro atoms. The van der Waals surface area contributed by atoms with Crippen LogP contribution in [0.4, 0.5) is 11.4 Å². The standard InChI is InChI=1S/C19H16N4/c1-4-18-17(3-2-10-21-18)19(5-1)22-13-15-6-8-16(9-7-15)23-12-11-20-14-23/h1-13,20H,14H2. The predicted molar refractivity (Wildman–Crippen MR) is 95.1 cm³/mol. The van der Waals surface area contributed by atoms with E-state index < -0.39 is 0 Å². The van der Waals surface area contributed by atoms with Crippen LogP contribution >= 0.6 is 0 Å². The molecule has 0 bridgehead atoms. The molecule has 0 radical (unpaired) electrons. The Morgan fingerprint density at radius 2 is 1.96 bits per heavy atom. The van der Waals surface area contributed by atoms with Crippen LogP contribution in [0.5, 0.6) is 0 Å². The molecule has 0 saturated heterocycles. The normalized spacial score (nSPS) is 13.8. The van der Waals surface area contributed by atoms with Gasteiger partial charge in [0.2, 0.25) is 0 Å². The Balaban J connectivity index is 1.59. The zero-order valence-corrected chi connectivity index (χ0v) is 12.6. The summed E-state index contributed by atoms with van der Waals surface area (Å²) in [6.07, 6.45) is 7.68. The third kappa shape index (κ3) is 2.79. The highest BCUT2D eigenvalue weighted by Crippen LogP contribution is 2.24. The highest BCUT2D eigenvalue weighted by atomic mass is 15.2. The van der Waals surface area contributed by atoms with Crippen LogP contribution in [0.25, 0.3) is 10.9 Å². The van der Waals surface area contributed by atoms with Gasteiger partial charge in [-0.2, -0.15) is 0 Å². The molecule has 23 heavy (non-hydrogen) atoms. The van der Waals surface area contributed by atoms with E-state index in [9.17, 15) is 0 Å². The largest absolute Gasteiger partial charge is 0.372 e. The average Bonchev–Trinajstić information content (AvgIpc) is 3.15. The van der Waals surface area contributed by atoms with Gasteiger partial charge in [-0.25, -0.2) is 0 Å². The number of pyridine rings is 1. The molecule has 1 aliphatic rings. The number of fused-ring (bicyclic) bond motifs is 1. The van der Waals surface area contributed by atoms with Crippen molar-refractivity contribution in [1.29, 1.82) is 0 Å². The van der Waals surface area contributed by atoms with Crippen molar-refractivity contribution in [3.63, 3.8) is 0 Å². The Labute approximate surface area is 134 Å². The number of nitrogens with one attached hydrogen (secondary N) is 1. The van der Waals surface area contributed by atoms with Crippen molar-refractivity contribution in [2.24, 2.45) is 4.99 Å². The number of rotatable bonds is 3. The Kier molecular flexibility index (Phi) is 3.48. The van der Waals surface area contributed by atoms with E-state index in [4.69, 9.17) is 0 Å². The number of hydrogen-bond acceptors (Lipinski definition) is 4. The maximum absolute atomic E-state index is 4.63. The van der Waals surface area contributed by atoms with Crippen LogP contribution in [-0.2, 0) is 0 Å². The molecular weight excluding hydrogens is 284 g/mol. The van der Waals surface area contributed by atoms with Gasteiger partial charge >= 0.3 is 0 Å². The lowest BCUT2D eigenvalue weighted by molar-refractivity contribution is 0.901. The Bertz CT molecular complexity index is 876. The number of hydrogen-bond donors (Lipinski definition) is 1. The van der Waals surface area contributed by atoms with E-state index in [0.717, 1.165) is 34.5 Å². The molecule has 0 unspecified atom stereocenters. The molecule has 0 aliphatic carbocycles. The molecule has 112 valence electrons. The quantitative estimate of drug-likeness (QED) is 0.747. The molecule has 3 aromatic rings. The Morgan fingerprint density at radius 1 is 1.04 bits per heavy atom. The summed E-state index contributed by atoms with van der Waals surface area (Å²) < 4.78 is 0. The van der Waals surface area contributed by atoms with Crippen LogP contribution in [0.15, 0.2) is 78.2 Å². The van der Waals surface area contributed by atoms with Crippen molar-refractivity contribution in [3.05, 3.63) is 78.8 Å². The van der Waals surface area contributed by atoms with Crippen LogP contribution in [0.1, 0.15) is 5.56 Å². The maximum Gasteiger partial charge on any atom is 0.0916 e. The molecule has 0 amide bonds. The summed E-state index contributed by atoms with van der Waals surface area (Å²) in [7, 11) is 0. The molecule has 2 aromatic carbocycles. The molecule has 0 fully saturated rings. The van der Waals surface area contributed by atoms with E-state index in [0.29, 0.717) is 0 Å². The summed E-state index contributed by atoms with van der Waals surface area (Å²) >= 11 is 0. The smallest absolute Gasteiger partial charge is 0.0916 e. The first-order valence-electron chi connectivity index (χ1n) is 7.55. The van der Waals surface area contributed by atoms with Gasteiger partial charge in [0.25, 0.3) is 0 Å². The third-order valence-electron chi connectivity index (χ3n) is 3.83. The van der Waals surface area contributed by atoms with Crippen molar-refractivity contribution in [3.8, 4) is 0 Å². The highest BCUT2D eigenvalue weighted by Gasteiger charge is 2.05. The van der Waals surface area contributed by atoms with E-state index in [1.165, 1.54) is 0 Å². The van der Waals surface area contributed by atoms with Crippen LogP contribution < -0.4 is 10.2 Å². The van der Waals surface area contributed by atoms with E-state index >= 15 is 0 Å². The molecule has 2 heterocycles. The molecule has 0 atom stereocenters. The summed E-state index contributed by atoms with van der Waals surface area (Å²) in [6, 6.07) is 18.3. The van der Waals surface area contributed by atoms with Crippen LogP contribution in [0.2, 0.25) is 0 Å². The molecule has 4 heteroatoms. The number of aliphatic imine (C=N–C) groups is 1. The number of nitrogens with zero attached hydrogens (tertiary/aromatic N) is 3. The van der Waals surface area contributed by atoms with Gasteiger partial charge in [-0.1, -0.05) is 18.2 Å². The van der Waals surface area contributed by atoms with Crippen molar-refractivity contribution < 1.29 is 0 Å². The van der Waals surface area contributed by atoms with Crippen molar-refractivity contribution in [2.45, 2.75) is 0 Å². The topological polar surface area (TPSA) is 40.5 Å². The van der Waals surface area contributed by atoms with Gasteiger partial charge < -0.3 is 10.2 Å². The van der Waals surface area contributed by atoms with Crippen molar-refractivity contribution in [1.82, 2.24) is 10.3 Å². The van der Waals surface area contributed by atoms with E-state index in [1.807, 2.05) is 48.9 Å². The molecule has 1 aliphatic heterocycles. The van der Waals surface area contributed by atoms with E-state index in [-0.39, 0.29) is 0 Å². The van der Waals surface area contributed by atoms with Crippen LogP contribution in [-0.4, -0.2) is 17.9 Å². The fraction of sp³-hybridized carbons (Fsp3) is 0.0526. The van der Waals surface area contributed by atoms with E-state index in [2.05, 4.69) is 44.5 Å². The van der Waals surface area contributed by atoms with E-state index in [1.54, 1.807) is 6.20 Å². The number of anilines is 1. The third-order valence-corrected chi connectivity index (χ3v) is 3.83. The fourth-order valence-corrected chi connectivity index (χ4v) is 2.62. The first-order chi connectivity index (χ1) is 11.4. The average molecular weight is 300 g/mol. The predicted octanol–water partition coefficient (Wildman–Crippen LogP) is 3.82. The lowest BCUT2D eigenvalue weighted by Crippen LogP contribution is -2.19. The Morgan fingerprint density at radius 3 is 2.78 bits per heavy atom. The molecular formula is C19H16N4. The monoisotopic (exact) mass is 300 g/mol. The van der Waals surface area contributed by atoms with Crippen LogP contribution in [0, 0.1) is 0 Å². The number of benzene rings is 2. The van der Waals surface area contributed by atoms with Gasteiger partial charge in [-0.15, -0.1) is 0 Å². The lowest BCUT2D eigenvalue weighted by atomic mass is 10.2. The first-order valence-corrected chi connectivity index (χ1v) is 7.55. The first kappa shape index (κ1) is 13.5. The molecule has 4 nitrogen and oxygen atoms in total.